The van der Waals surface area contributed by atoms with Crippen LogP contribution in [-0.2, 0) is 24.2 Å². The minimum Gasteiger partial charge on any atom is -0.467 e. The quantitative estimate of drug-likeness (QED) is 0.620. The highest BCUT2D eigenvalue weighted by Crippen LogP contribution is 2.32. The first-order chi connectivity index (χ1) is 12.7. The Balaban J connectivity index is 1.91. The van der Waals surface area contributed by atoms with Gasteiger partial charge < -0.3 is 9.32 Å². The minimum atomic E-state index is 0.240. The van der Waals surface area contributed by atoms with Crippen LogP contribution in [0, 0.1) is 5.92 Å². The lowest BCUT2D eigenvalue weighted by molar-refractivity contribution is -0.120. The van der Waals surface area contributed by atoms with Crippen molar-refractivity contribution in [1.82, 2.24) is 0 Å². The molecule has 3 rings (SSSR count). The molecule has 1 aliphatic rings. The van der Waals surface area contributed by atoms with Gasteiger partial charge in [-0.2, -0.15) is 0 Å². The summed E-state index contributed by atoms with van der Waals surface area (Å²) in [7, 11) is 0. The summed E-state index contributed by atoms with van der Waals surface area (Å²) in [5.74, 6) is 1.62. The average Bonchev–Trinajstić information content (AvgIpc) is 3.19. The number of nitrogens with zero attached hydrogens (tertiary/aromatic N) is 1. The van der Waals surface area contributed by atoms with Crippen molar-refractivity contribution in [2.75, 3.05) is 4.90 Å². The Morgan fingerprint density at radius 1 is 1.04 bits per heavy atom. The van der Waals surface area contributed by atoms with Crippen molar-refractivity contribution in [3.63, 3.8) is 0 Å². The molecular formula is C23H31NO2. The van der Waals surface area contributed by atoms with Crippen molar-refractivity contribution >= 4 is 11.6 Å². The standard InChI is InChI=1S/C23H31NO2/c1-3-19-12-8-13-20(4-2)23(19)24(17-21-14-9-15-26-21)22(25)16-18-10-6-5-7-11-18/h8-9,12-15,18H,3-7,10-11,16-17H2,1-2H3. The van der Waals surface area contributed by atoms with E-state index < -0.39 is 0 Å². The Morgan fingerprint density at radius 3 is 2.31 bits per heavy atom. The first kappa shape index (κ1) is 18.8. The molecule has 0 bridgehead atoms. The van der Waals surface area contributed by atoms with Crippen LogP contribution in [0.5, 0.6) is 0 Å². The van der Waals surface area contributed by atoms with Gasteiger partial charge >= 0.3 is 0 Å². The van der Waals surface area contributed by atoms with E-state index in [0.717, 1.165) is 24.3 Å². The van der Waals surface area contributed by atoms with Crippen LogP contribution in [0.15, 0.2) is 41.0 Å². The predicted octanol–water partition coefficient (Wildman–Crippen LogP) is 5.91. The number of para-hydroxylation sites is 1. The zero-order chi connectivity index (χ0) is 18.4. The second-order valence-corrected chi connectivity index (χ2v) is 7.40. The van der Waals surface area contributed by atoms with Gasteiger partial charge in [-0.15, -0.1) is 0 Å². The summed E-state index contributed by atoms with van der Waals surface area (Å²) in [6.45, 7) is 4.84. The summed E-state index contributed by atoms with van der Waals surface area (Å²) < 4.78 is 5.58. The summed E-state index contributed by atoms with van der Waals surface area (Å²) in [4.78, 5) is 15.3. The maximum atomic E-state index is 13.4. The highest BCUT2D eigenvalue weighted by atomic mass is 16.3. The molecule has 26 heavy (non-hydrogen) atoms. The molecule has 1 aliphatic carbocycles. The number of benzene rings is 1. The van der Waals surface area contributed by atoms with E-state index in [1.807, 2.05) is 17.0 Å². The van der Waals surface area contributed by atoms with Crippen LogP contribution in [0.3, 0.4) is 0 Å². The molecule has 140 valence electrons. The lowest BCUT2D eigenvalue weighted by Crippen LogP contribution is -2.33. The molecule has 3 heteroatoms. The third kappa shape index (κ3) is 4.38. The number of hydrogen-bond donors (Lipinski definition) is 0. The molecule has 0 saturated heterocycles. The minimum absolute atomic E-state index is 0.240. The molecule has 0 spiro atoms. The Labute approximate surface area is 157 Å². The van der Waals surface area contributed by atoms with Gasteiger partial charge in [0.1, 0.15) is 5.76 Å². The van der Waals surface area contributed by atoms with Gasteiger partial charge in [-0.25, -0.2) is 0 Å². The summed E-state index contributed by atoms with van der Waals surface area (Å²) in [6.07, 6.45) is 10.4. The first-order valence-electron chi connectivity index (χ1n) is 10.2. The van der Waals surface area contributed by atoms with Crippen LogP contribution in [0.4, 0.5) is 5.69 Å². The fraction of sp³-hybridized carbons (Fsp3) is 0.522. The highest BCUT2D eigenvalue weighted by molar-refractivity contribution is 5.95. The molecule has 1 aromatic carbocycles. The summed E-state index contributed by atoms with van der Waals surface area (Å²) in [5.41, 5.74) is 3.59. The van der Waals surface area contributed by atoms with Crippen LogP contribution in [0.2, 0.25) is 0 Å². The first-order valence-corrected chi connectivity index (χ1v) is 10.2. The number of aryl methyl sites for hydroxylation is 2. The van der Waals surface area contributed by atoms with Gasteiger partial charge in [-0.3, -0.25) is 4.79 Å². The van der Waals surface area contributed by atoms with Gasteiger partial charge in [0.2, 0.25) is 5.91 Å². The molecule has 1 amide bonds. The van der Waals surface area contributed by atoms with Crippen molar-refractivity contribution < 1.29 is 9.21 Å². The maximum absolute atomic E-state index is 13.4. The van der Waals surface area contributed by atoms with E-state index >= 15 is 0 Å². The van der Waals surface area contributed by atoms with Gasteiger partial charge in [-0.05, 0) is 54.9 Å². The lowest BCUT2D eigenvalue weighted by atomic mass is 9.86. The van der Waals surface area contributed by atoms with E-state index in [1.54, 1.807) is 6.26 Å². The van der Waals surface area contributed by atoms with Gasteiger partial charge in [0.05, 0.1) is 18.5 Å². The number of anilines is 1. The summed E-state index contributed by atoms with van der Waals surface area (Å²) >= 11 is 0. The van der Waals surface area contributed by atoms with Crippen molar-refractivity contribution in [3.8, 4) is 0 Å². The van der Waals surface area contributed by atoms with Crippen LogP contribution >= 0.6 is 0 Å². The monoisotopic (exact) mass is 353 g/mol. The van der Waals surface area contributed by atoms with Gasteiger partial charge in [0.15, 0.2) is 0 Å². The van der Waals surface area contributed by atoms with Gasteiger partial charge in [0, 0.05) is 6.42 Å². The second kappa shape index (κ2) is 9.07. The molecule has 0 unspecified atom stereocenters. The van der Waals surface area contributed by atoms with Crippen LogP contribution in [-0.4, -0.2) is 5.91 Å². The third-order valence-corrected chi connectivity index (χ3v) is 5.62. The molecule has 1 aromatic heterocycles. The van der Waals surface area contributed by atoms with Gasteiger partial charge in [0.25, 0.3) is 0 Å². The SMILES string of the molecule is CCc1cccc(CC)c1N(Cc1ccco1)C(=O)CC1CCCCC1. The zero-order valence-electron chi connectivity index (χ0n) is 16.2. The number of rotatable bonds is 7. The van der Waals surface area contributed by atoms with Crippen molar-refractivity contribution in [2.24, 2.45) is 5.92 Å². The Hall–Kier alpha value is -2.03. The molecule has 0 N–H and O–H groups in total. The highest BCUT2D eigenvalue weighted by Gasteiger charge is 2.25. The number of amides is 1. The molecule has 0 atom stereocenters. The zero-order valence-corrected chi connectivity index (χ0v) is 16.2. The maximum Gasteiger partial charge on any atom is 0.227 e. The lowest BCUT2D eigenvalue weighted by Gasteiger charge is -2.29. The molecular weight excluding hydrogens is 322 g/mol. The Kier molecular flexibility index (Phi) is 6.54. The van der Waals surface area contributed by atoms with Gasteiger partial charge in [-0.1, -0.05) is 51.3 Å². The van der Waals surface area contributed by atoms with E-state index in [4.69, 9.17) is 4.42 Å². The molecule has 1 fully saturated rings. The molecule has 0 radical (unpaired) electrons. The van der Waals surface area contributed by atoms with E-state index in [-0.39, 0.29) is 5.91 Å². The number of hydrogen-bond acceptors (Lipinski definition) is 2. The van der Waals surface area contributed by atoms with E-state index in [2.05, 4.69) is 32.0 Å². The second-order valence-electron chi connectivity index (χ2n) is 7.40. The smallest absolute Gasteiger partial charge is 0.227 e. The normalized spacial score (nSPS) is 15.2. The average molecular weight is 354 g/mol. The van der Waals surface area contributed by atoms with Crippen molar-refractivity contribution in [2.45, 2.75) is 71.8 Å². The molecule has 1 saturated carbocycles. The molecule has 0 aliphatic heterocycles. The van der Waals surface area contributed by atoms with E-state index in [0.29, 0.717) is 18.9 Å². The van der Waals surface area contributed by atoms with Crippen molar-refractivity contribution in [3.05, 3.63) is 53.5 Å². The van der Waals surface area contributed by atoms with Crippen LogP contribution in [0.1, 0.15) is 69.3 Å². The fourth-order valence-corrected chi connectivity index (χ4v) is 4.16. The summed E-state index contributed by atoms with van der Waals surface area (Å²) in [5, 5.41) is 0. The van der Waals surface area contributed by atoms with Crippen LogP contribution < -0.4 is 4.90 Å². The molecule has 1 heterocycles. The van der Waals surface area contributed by atoms with E-state index in [1.165, 1.54) is 43.2 Å². The molecule has 2 aromatic rings. The Bertz CT molecular complexity index is 677. The predicted molar refractivity (Wildman–Crippen MR) is 106 cm³/mol. The van der Waals surface area contributed by atoms with E-state index in [9.17, 15) is 4.79 Å². The van der Waals surface area contributed by atoms with Crippen LogP contribution in [0.25, 0.3) is 0 Å². The van der Waals surface area contributed by atoms with Crippen molar-refractivity contribution in [1.29, 1.82) is 0 Å². The Morgan fingerprint density at radius 2 is 1.73 bits per heavy atom. The number of furan rings is 1. The third-order valence-electron chi connectivity index (χ3n) is 5.62. The number of carbonyl (C=O) groups excluding carboxylic acids is 1. The fourth-order valence-electron chi connectivity index (χ4n) is 4.16. The largest absolute Gasteiger partial charge is 0.467 e. The topological polar surface area (TPSA) is 33.5 Å². The summed E-state index contributed by atoms with van der Waals surface area (Å²) in [6, 6.07) is 10.3. The molecule has 3 nitrogen and oxygen atoms in total. The number of carbonyl (C=O) groups is 1.